The lowest BCUT2D eigenvalue weighted by molar-refractivity contribution is -0.167. The molecule has 1 unspecified atom stereocenters. The third-order valence-electron chi connectivity index (χ3n) is 3.67. The quantitative estimate of drug-likeness (QED) is 0.432. The highest BCUT2D eigenvalue weighted by Gasteiger charge is 2.47. The molecule has 0 saturated heterocycles. The molecule has 0 heterocycles. The average Bonchev–Trinajstić information content (AvgIpc) is 2.61. The number of rotatable bonds is 12. The van der Waals surface area contributed by atoms with Crippen molar-refractivity contribution < 1.29 is 28.1 Å². The Morgan fingerprint density at radius 1 is 1.08 bits per heavy atom. The Morgan fingerprint density at radius 2 is 1.69 bits per heavy atom. The summed E-state index contributed by atoms with van der Waals surface area (Å²) in [5.74, 6) is 0. The van der Waals surface area contributed by atoms with Gasteiger partial charge in [0.25, 0.3) is 7.37 Å². The molecule has 7 nitrogen and oxygen atoms in total. The maximum absolute atomic E-state index is 13.3. The Kier molecular flexibility index (Phi) is 9.88. The molecule has 26 heavy (non-hydrogen) atoms. The number of ether oxygens (including phenoxy) is 3. The summed E-state index contributed by atoms with van der Waals surface area (Å²) in [6.07, 6.45) is -0.496. The van der Waals surface area contributed by atoms with Crippen LogP contribution in [-0.4, -0.2) is 44.1 Å². The van der Waals surface area contributed by atoms with Crippen molar-refractivity contribution >= 4 is 13.5 Å². The van der Waals surface area contributed by atoms with E-state index < -0.39 is 19.0 Å². The SMILES string of the molecule is CCOC(C)(OCC)P(=O)(CCNC(=O)OCc1ccccc1)OCC. The van der Waals surface area contributed by atoms with Gasteiger partial charge in [0, 0.05) is 25.9 Å². The van der Waals surface area contributed by atoms with E-state index in [0.717, 1.165) is 5.56 Å². The molecule has 1 aromatic rings. The van der Waals surface area contributed by atoms with Crippen molar-refractivity contribution in [2.45, 2.75) is 39.8 Å². The van der Waals surface area contributed by atoms with Crippen LogP contribution >= 0.6 is 7.37 Å². The van der Waals surface area contributed by atoms with Crippen LogP contribution in [0.5, 0.6) is 0 Å². The van der Waals surface area contributed by atoms with Crippen molar-refractivity contribution in [3.05, 3.63) is 35.9 Å². The monoisotopic (exact) mass is 387 g/mol. The predicted molar refractivity (Wildman–Crippen MR) is 100 cm³/mol. The molecule has 1 rings (SSSR count). The minimum absolute atomic E-state index is 0.0811. The maximum atomic E-state index is 13.3. The second-order valence-corrected chi connectivity index (χ2v) is 8.43. The van der Waals surface area contributed by atoms with Crippen LogP contribution in [0.25, 0.3) is 0 Å². The van der Waals surface area contributed by atoms with Crippen molar-refractivity contribution in [1.82, 2.24) is 5.32 Å². The zero-order chi connectivity index (χ0) is 19.5. The van der Waals surface area contributed by atoms with E-state index in [2.05, 4.69) is 5.32 Å². The molecule has 8 heteroatoms. The van der Waals surface area contributed by atoms with Gasteiger partial charge in [0.2, 0.25) is 5.53 Å². The van der Waals surface area contributed by atoms with Crippen LogP contribution in [0.4, 0.5) is 4.79 Å². The third-order valence-corrected chi connectivity index (χ3v) is 6.65. The lowest BCUT2D eigenvalue weighted by Gasteiger charge is -2.36. The Hall–Kier alpha value is -1.40. The van der Waals surface area contributed by atoms with Crippen LogP contribution < -0.4 is 5.32 Å². The van der Waals surface area contributed by atoms with E-state index in [1.807, 2.05) is 30.3 Å². The first-order valence-corrected chi connectivity index (χ1v) is 10.7. The summed E-state index contributed by atoms with van der Waals surface area (Å²) in [7, 11) is -3.32. The van der Waals surface area contributed by atoms with Crippen LogP contribution in [0.2, 0.25) is 0 Å². The smallest absolute Gasteiger partial charge is 0.407 e. The van der Waals surface area contributed by atoms with Gasteiger partial charge >= 0.3 is 6.09 Å². The molecule has 0 aromatic heterocycles. The van der Waals surface area contributed by atoms with Gasteiger partial charge in [-0.15, -0.1) is 0 Å². The summed E-state index contributed by atoms with van der Waals surface area (Å²) in [6.45, 7) is 8.19. The van der Waals surface area contributed by atoms with Gasteiger partial charge in [-0.2, -0.15) is 0 Å². The van der Waals surface area contributed by atoms with E-state index >= 15 is 0 Å². The van der Waals surface area contributed by atoms with Gasteiger partial charge in [0.15, 0.2) is 0 Å². The second kappa shape index (κ2) is 11.3. The van der Waals surface area contributed by atoms with Crippen molar-refractivity contribution in [2.75, 3.05) is 32.5 Å². The first kappa shape index (κ1) is 22.6. The molecule has 1 atom stereocenters. The zero-order valence-corrected chi connectivity index (χ0v) is 16.9. The topological polar surface area (TPSA) is 83.1 Å². The second-order valence-electron chi connectivity index (χ2n) is 5.57. The molecular weight excluding hydrogens is 357 g/mol. The summed E-state index contributed by atoms with van der Waals surface area (Å²) < 4.78 is 35.2. The van der Waals surface area contributed by atoms with E-state index in [9.17, 15) is 9.36 Å². The zero-order valence-electron chi connectivity index (χ0n) is 16.0. The highest BCUT2D eigenvalue weighted by molar-refractivity contribution is 7.60. The number of carbonyl (C=O) groups is 1. The fourth-order valence-corrected chi connectivity index (χ4v) is 4.69. The van der Waals surface area contributed by atoms with Crippen LogP contribution in [0.3, 0.4) is 0 Å². The van der Waals surface area contributed by atoms with E-state index in [0.29, 0.717) is 13.2 Å². The van der Waals surface area contributed by atoms with Crippen molar-refractivity contribution in [2.24, 2.45) is 0 Å². The number of amides is 1. The van der Waals surface area contributed by atoms with Gasteiger partial charge in [-0.05, 0) is 33.3 Å². The summed E-state index contributed by atoms with van der Waals surface area (Å²) in [5.41, 5.74) is -0.454. The minimum Gasteiger partial charge on any atom is -0.445 e. The molecule has 0 spiro atoms. The fourth-order valence-electron chi connectivity index (χ4n) is 2.45. The van der Waals surface area contributed by atoms with E-state index in [4.69, 9.17) is 18.7 Å². The molecule has 1 N–H and O–H groups in total. The molecule has 0 bridgehead atoms. The lowest BCUT2D eigenvalue weighted by Crippen LogP contribution is -2.37. The molecular formula is C18H30NO6P. The van der Waals surface area contributed by atoms with Crippen molar-refractivity contribution in [3.63, 3.8) is 0 Å². The van der Waals surface area contributed by atoms with Crippen LogP contribution in [0, 0.1) is 0 Å². The molecule has 0 aliphatic rings. The maximum Gasteiger partial charge on any atom is 0.407 e. The standard InChI is InChI=1S/C18H30NO6P/c1-5-23-18(4,24-6-2)26(21,25-7-3)14-13-19-17(20)22-15-16-11-9-8-10-12-16/h8-12H,5-7,13-15H2,1-4H3,(H,19,20). The van der Waals surface area contributed by atoms with Gasteiger partial charge in [-0.25, -0.2) is 4.79 Å². The molecule has 0 radical (unpaired) electrons. The van der Waals surface area contributed by atoms with Gasteiger partial charge in [0.05, 0.1) is 6.61 Å². The molecule has 0 aliphatic heterocycles. The molecule has 148 valence electrons. The van der Waals surface area contributed by atoms with Crippen LogP contribution in [0.1, 0.15) is 33.3 Å². The number of benzene rings is 1. The Labute approximate surface area is 155 Å². The van der Waals surface area contributed by atoms with E-state index in [-0.39, 0.29) is 25.9 Å². The van der Waals surface area contributed by atoms with Crippen LogP contribution in [0.15, 0.2) is 30.3 Å². The van der Waals surface area contributed by atoms with Gasteiger partial charge in [-0.3, -0.25) is 4.57 Å². The first-order valence-electron chi connectivity index (χ1n) is 8.87. The normalized spacial score (nSPS) is 13.8. The molecule has 1 aromatic carbocycles. The number of nitrogens with one attached hydrogen (secondary N) is 1. The molecule has 0 aliphatic carbocycles. The highest BCUT2D eigenvalue weighted by atomic mass is 31.2. The average molecular weight is 387 g/mol. The largest absolute Gasteiger partial charge is 0.445 e. The lowest BCUT2D eigenvalue weighted by atomic mass is 10.2. The van der Waals surface area contributed by atoms with Gasteiger partial charge in [0.1, 0.15) is 6.61 Å². The van der Waals surface area contributed by atoms with E-state index in [1.165, 1.54) is 0 Å². The number of carbonyl (C=O) groups excluding carboxylic acids is 1. The van der Waals surface area contributed by atoms with Gasteiger partial charge in [-0.1, -0.05) is 30.3 Å². The first-order chi connectivity index (χ1) is 12.4. The van der Waals surface area contributed by atoms with E-state index in [1.54, 1.807) is 27.7 Å². The Morgan fingerprint density at radius 3 is 2.23 bits per heavy atom. The van der Waals surface area contributed by atoms with Crippen molar-refractivity contribution in [1.29, 1.82) is 0 Å². The number of alkyl carbamates (subject to hydrolysis) is 1. The Bertz CT molecular complexity index is 574. The highest BCUT2D eigenvalue weighted by Crippen LogP contribution is 2.59. The summed E-state index contributed by atoms with van der Waals surface area (Å²) >= 11 is 0. The van der Waals surface area contributed by atoms with Crippen LogP contribution in [-0.2, 0) is 29.9 Å². The number of hydrogen-bond donors (Lipinski definition) is 1. The molecule has 0 saturated carbocycles. The minimum atomic E-state index is -3.32. The van der Waals surface area contributed by atoms with Gasteiger partial charge < -0.3 is 24.1 Å². The summed E-state index contributed by atoms with van der Waals surface area (Å²) in [5, 5.41) is 2.60. The molecule has 1 amide bonds. The Balaban J connectivity index is 2.58. The fraction of sp³-hybridized carbons (Fsp3) is 0.611. The predicted octanol–water partition coefficient (Wildman–Crippen LogP) is 3.97. The summed E-state index contributed by atoms with van der Waals surface area (Å²) in [4.78, 5) is 11.8. The third kappa shape index (κ3) is 6.72. The molecule has 0 fully saturated rings. The van der Waals surface area contributed by atoms with Crippen molar-refractivity contribution in [3.8, 4) is 0 Å². The summed E-state index contributed by atoms with van der Waals surface area (Å²) in [6, 6.07) is 9.37. The number of hydrogen-bond acceptors (Lipinski definition) is 6.